The molecule has 0 heterocycles. The van der Waals surface area contributed by atoms with Crippen molar-refractivity contribution in [1.82, 2.24) is 0 Å². The van der Waals surface area contributed by atoms with Gasteiger partial charge in [0, 0.05) is 5.56 Å². The molecule has 0 fully saturated rings. The highest BCUT2D eigenvalue weighted by atomic mass is 19.4. The number of hydrogen-bond acceptors (Lipinski definition) is 3. The van der Waals surface area contributed by atoms with Gasteiger partial charge in [0.25, 0.3) is 0 Å². The number of hydrogen-bond donors (Lipinski definition) is 2. The van der Waals surface area contributed by atoms with E-state index in [0.717, 1.165) is 17.7 Å². The number of phenols is 1. The van der Waals surface area contributed by atoms with Gasteiger partial charge in [-0.25, -0.2) is 4.79 Å². The zero-order chi connectivity index (χ0) is 23.7. The Morgan fingerprint density at radius 1 is 0.875 bits per heavy atom. The quantitative estimate of drug-likeness (QED) is 0.462. The summed E-state index contributed by atoms with van der Waals surface area (Å²) in [6.07, 6.45) is -4.47. The zero-order valence-corrected chi connectivity index (χ0v) is 17.8. The Hall–Kier alpha value is -3.48. The van der Waals surface area contributed by atoms with Crippen molar-refractivity contribution in [2.24, 2.45) is 0 Å². The first-order valence-electron chi connectivity index (χ1n) is 9.86. The van der Waals surface area contributed by atoms with Gasteiger partial charge in [-0.15, -0.1) is 0 Å². The number of alkyl halides is 3. The highest BCUT2D eigenvalue weighted by Crippen LogP contribution is 2.34. The third-order valence-electron chi connectivity index (χ3n) is 5.08. The van der Waals surface area contributed by atoms with Crippen molar-refractivity contribution in [3.05, 3.63) is 82.9 Å². The van der Waals surface area contributed by atoms with Crippen molar-refractivity contribution >= 4 is 5.97 Å². The van der Waals surface area contributed by atoms with Crippen molar-refractivity contribution < 1.29 is 32.9 Å². The standard InChI is InChI=1S/C25H23F3O4/c1-24(2,3)18-8-10-20(11-9-18)32-14-17-12-16(13-21(22(17)29)23(30)31)15-4-6-19(7-5-15)25(26,27)28/h4-13,29H,14H2,1-3H3,(H,30,31). The molecule has 0 aromatic heterocycles. The smallest absolute Gasteiger partial charge is 0.416 e. The summed E-state index contributed by atoms with van der Waals surface area (Å²) in [5.41, 5.74) is 0.880. The van der Waals surface area contributed by atoms with Gasteiger partial charge in [0.05, 0.1) is 5.56 Å². The van der Waals surface area contributed by atoms with E-state index in [1.54, 1.807) is 12.1 Å². The van der Waals surface area contributed by atoms with Crippen LogP contribution in [-0.4, -0.2) is 16.2 Å². The molecule has 32 heavy (non-hydrogen) atoms. The van der Waals surface area contributed by atoms with Crippen LogP contribution in [0.15, 0.2) is 60.7 Å². The lowest BCUT2D eigenvalue weighted by Crippen LogP contribution is -2.10. The van der Waals surface area contributed by atoms with Crippen molar-refractivity contribution in [2.75, 3.05) is 0 Å². The number of carboxylic acid groups (broad SMARTS) is 1. The molecule has 0 aliphatic heterocycles. The summed E-state index contributed by atoms with van der Waals surface area (Å²) in [6.45, 7) is 6.14. The Balaban J connectivity index is 1.90. The van der Waals surface area contributed by atoms with E-state index >= 15 is 0 Å². The first kappa shape index (κ1) is 23.2. The summed E-state index contributed by atoms with van der Waals surface area (Å²) >= 11 is 0. The second-order valence-electron chi connectivity index (χ2n) is 8.47. The van der Waals surface area contributed by atoms with Crippen LogP contribution < -0.4 is 4.74 Å². The van der Waals surface area contributed by atoms with Crippen LogP contribution in [0.1, 0.15) is 47.8 Å². The van der Waals surface area contributed by atoms with Crippen LogP contribution in [0.5, 0.6) is 11.5 Å². The number of aromatic hydroxyl groups is 1. The van der Waals surface area contributed by atoms with E-state index in [4.69, 9.17) is 4.74 Å². The molecule has 0 amide bonds. The van der Waals surface area contributed by atoms with Crippen molar-refractivity contribution in [3.8, 4) is 22.6 Å². The van der Waals surface area contributed by atoms with Crippen LogP contribution in [0.2, 0.25) is 0 Å². The highest BCUT2D eigenvalue weighted by molar-refractivity contribution is 5.93. The van der Waals surface area contributed by atoms with Crippen molar-refractivity contribution in [1.29, 1.82) is 0 Å². The number of ether oxygens (including phenoxy) is 1. The molecule has 0 spiro atoms. The van der Waals surface area contributed by atoms with Gasteiger partial charge in [0.2, 0.25) is 0 Å². The average Bonchev–Trinajstić information content (AvgIpc) is 2.72. The van der Waals surface area contributed by atoms with Gasteiger partial charge in [0.1, 0.15) is 23.7 Å². The SMILES string of the molecule is CC(C)(C)c1ccc(OCc2cc(-c3ccc(C(F)(F)F)cc3)cc(C(=O)O)c2O)cc1. The van der Waals surface area contributed by atoms with E-state index in [1.165, 1.54) is 24.3 Å². The highest BCUT2D eigenvalue weighted by Gasteiger charge is 2.30. The Kier molecular flexibility index (Phi) is 6.21. The summed E-state index contributed by atoms with van der Waals surface area (Å²) in [6, 6.07) is 14.5. The first-order valence-corrected chi connectivity index (χ1v) is 9.86. The zero-order valence-electron chi connectivity index (χ0n) is 17.8. The van der Waals surface area contributed by atoms with E-state index in [-0.39, 0.29) is 23.1 Å². The molecule has 3 rings (SSSR count). The molecular weight excluding hydrogens is 421 g/mol. The second-order valence-corrected chi connectivity index (χ2v) is 8.47. The Bertz CT molecular complexity index is 1110. The van der Waals surface area contributed by atoms with Gasteiger partial charge in [-0.1, -0.05) is 45.0 Å². The summed E-state index contributed by atoms with van der Waals surface area (Å²) in [7, 11) is 0. The van der Waals surface area contributed by atoms with Gasteiger partial charge in [-0.2, -0.15) is 13.2 Å². The molecule has 7 heteroatoms. The maximum absolute atomic E-state index is 12.8. The van der Waals surface area contributed by atoms with Crippen molar-refractivity contribution in [3.63, 3.8) is 0 Å². The largest absolute Gasteiger partial charge is 0.507 e. The molecule has 168 valence electrons. The van der Waals surface area contributed by atoms with Crippen LogP contribution in [0.4, 0.5) is 13.2 Å². The molecule has 0 atom stereocenters. The molecule has 0 radical (unpaired) electrons. The number of rotatable bonds is 5. The van der Waals surface area contributed by atoms with Crippen LogP contribution in [0.3, 0.4) is 0 Å². The van der Waals surface area contributed by atoms with E-state index in [2.05, 4.69) is 20.8 Å². The van der Waals surface area contributed by atoms with Gasteiger partial charge >= 0.3 is 12.1 Å². The minimum absolute atomic E-state index is 0.0246. The third-order valence-corrected chi connectivity index (χ3v) is 5.08. The van der Waals surface area contributed by atoms with Crippen LogP contribution in [0.25, 0.3) is 11.1 Å². The minimum atomic E-state index is -4.47. The molecule has 0 bridgehead atoms. The lowest BCUT2D eigenvalue weighted by atomic mass is 9.87. The molecule has 0 unspecified atom stereocenters. The second kappa shape index (κ2) is 8.57. The van der Waals surface area contributed by atoms with Crippen LogP contribution >= 0.6 is 0 Å². The third kappa shape index (κ3) is 5.22. The van der Waals surface area contributed by atoms with Crippen molar-refractivity contribution in [2.45, 2.75) is 39.0 Å². The molecule has 4 nitrogen and oxygen atoms in total. The van der Waals surface area contributed by atoms with Gasteiger partial charge in [-0.3, -0.25) is 0 Å². The van der Waals surface area contributed by atoms with Gasteiger partial charge in [0.15, 0.2) is 0 Å². The maximum atomic E-state index is 12.8. The van der Waals surface area contributed by atoms with Gasteiger partial charge in [-0.05, 0) is 58.5 Å². The summed E-state index contributed by atoms with van der Waals surface area (Å²) in [5, 5.41) is 19.9. The number of aromatic carboxylic acids is 1. The number of carboxylic acids is 1. The first-order chi connectivity index (χ1) is 14.9. The number of carbonyl (C=O) groups is 1. The van der Waals surface area contributed by atoms with E-state index < -0.39 is 23.5 Å². The van der Waals surface area contributed by atoms with E-state index in [9.17, 15) is 28.2 Å². The van der Waals surface area contributed by atoms with Crippen LogP contribution in [-0.2, 0) is 18.2 Å². The molecule has 2 N–H and O–H groups in total. The lowest BCUT2D eigenvalue weighted by molar-refractivity contribution is -0.137. The fourth-order valence-electron chi connectivity index (χ4n) is 3.20. The molecular formula is C25H23F3O4. The van der Waals surface area contributed by atoms with E-state index in [1.807, 2.05) is 12.1 Å². The normalized spacial score (nSPS) is 11.9. The maximum Gasteiger partial charge on any atom is 0.416 e. The molecule has 0 aliphatic rings. The predicted octanol–water partition coefficient (Wildman–Crippen LogP) is 6.65. The summed E-state index contributed by atoms with van der Waals surface area (Å²) < 4.78 is 44.2. The Labute approximate surface area is 183 Å². The predicted molar refractivity (Wildman–Crippen MR) is 115 cm³/mol. The average molecular weight is 444 g/mol. The topological polar surface area (TPSA) is 66.8 Å². The summed E-state index contributed by atoms with van der Waals surface area (Å²) in [5.74, 6) is -1.26. The lowest BCUT2D eigenvalue weighted by Gasteiger charge is -2.19. The molecule has 3 aromatic rings. The molecule has 0 aliphatic carbocycles. The molecule has 0 saturated heterocycles. The van der Waals surface area contributed by atoms with Gasteiger partial charge < -0.3 is 14.9 Å². The Morgan fingerprint density at radius 2 is 1.44 bits per heavy atom. The molecule has 0 saturated carbocycles. The number of benzene rings is 3. The fraction of sp³-hybridized carbons (Fsp3) is 0.240. The summed E-state index contributed by atoms with van der Waals surface area (Å²) in [4.78, 5) is 11.6. The number of halogens is 3. The fourth-order valence-corrected chi connectivity index (χ4v) is 3.20. The van der Waals surface area contributed by atoms with E-state index in [0.29, 0.717) is 16.9 Å². The monoisotopic (exact) mass is 444 g/mol. The van der Waals surface area contributed by atoms with Crippen LogP contribution in [0, 0.1) is 0 Å². The molecule has 3 aromatic carbocycles. The minimum Gasteiger partial charge on any atom is -0.507 e. The Morgan fingerprint density at radius 3 is 1.94 bits per heavy atom.